The second-order valence-electron chi connectivity index (χ2n) is 8.77. The van der Waals surface area contributed by atoms with Crippen molar-refractivity contribution in [1.29, 1.82) is 5.41 Å². The van der Waals surface area contributed by atoms with Gasteiger partial charge in [-0.1, -0.05) is 24.8 Å². The summed E-state index contributed by atoms with van der Waals surface area (Å²) in [5.74, 6) is 6.69. The van der Waals surface area contributed by atoms with Crippen molar-refractivity contribution >= 4 is 33.6 Å². The zero-order chi connectivity index (χ0) is 25.2. The van der Waals surface area contributed by atoms with Crippen LogP contribution < -0.4 is 4.90 Å². The summed E-state index contributed by atoms with van der Waals surface area (Å²) >= 11 is 0. The Labute approximate surface area is 209 Å². The third-order valence-electron chi connectivity index (χ3n) is 6.00. The topological polar surface area (TPSA) is 70.7 Å². The second kappa shape index (κ2) is 9.59. The molecule has 0 aliphatic rings. The van der Waals surface area contributed by atoms with Gasteiger partial charge in [0, 0.05) is 55.1 Å². The number of rotatable bonds is 5. The molecule has 0 amide bonds. The first-order valence-electron chi connectivity index (χ1n) is 11.7. The van der Waals surface area contributed by atoms with Gasteiger partial charge in [0.15, 0.2) is 0 Å². The second-order valence-corrected chi connectivity index (χ2v) is 8.77. The van der Waals surface area contributed by atoms with Crippen LogP contribution in [0.5, 0.6) is 0 Å². The molecule has 2 aromatic carbocycles. The van der Waals surface area contributed by atoms with Gasteiger partial charge in [-0.25, -0.2) is 9.37 Å². The molecule has 1 N–H and O–H groups in total. The predicted molar refractivity (Wildman–Crippen MR) is 143 cm³/mol. The van der Waals surface area contributed by atoms with Crippen LogP contribution in [0.25, 0.3) is 27.6 Å². The van der Waals surface area contributed by atoms with Crippen LogP contribution >= 0.6 is 0 Å². The van der Waals surface area contributed by atoms with E-state index in [0.29, 0.717) is 41.3 Å². The molecule has 0 fully saturated rings. The van der Waals surface area contributed by atoms with Gasteiger partial charge in [0.25, 0.3) is 0 Å². The van der Waals surface area contributed by atoms with Crippen LogP contribution in [0.2, 0.25) is 0 Å². The molecule has 5 rings (SSSR count). The van der Waals surface area contributed by atoms with Crippen molar-refractivity contribution in [2.75, 3.05) is 19.0 Å². The zero-order valence-electron chi connectivity index (χ0n) is 20.4. The first kappa shape index (κ1) is 23.2. The molecule has 0 aliphatic carbocycles. The lowest BCUT2D eigenvalue weighted by Crippen LogP contribution is -2.15. The molecule has 3 heterocycles. The molecule has 3 aromatic heterocycles. The maximum absolute atomic E-state index is 15.1. The van der Waals surface area contributed by atoms with Gasteiger partial charge < -0.3 is 10.3 Å². The van der Waals surface area contributed by atoms with Crippen LogP contribution in [0.15, 0.2) is 67.1 Å². The fourth-order valence-electron chi connectivity index (χ4n) is 4.12. The van der Waals surface area contributed by atoms with Gasteiger partial charge in [-0.05, 0) is 54.4 Å². The van der Waals surface area contributed by atoms with Crippen molar-refractivity contribution in [1.82, 2.24) is 19.5 Å². The predicted octanol–water partition coefficient (Wildman–Crippen LogP) is 5.55. The summed E-state index contributed by atoms with van der Waals surface area (Å²) in [6.07, 6.45) is 6.10. The average Bonchev–Trinajstić information content (AvgIpc) is 3.30. The molecule has 36 heavy (non-hydrogen) atoms. The SMILES string of the molecule is CCC(=N)Cc1ccc(-n2c(N(C)C)nc3cnc4ccc(C#Cc5cccnc5)cc4c32)cc1F. The molecule has 6 nitrogen and oxygen atoms in total. The van der Waals surface area contributed by atoms with E-state index < -0.39 is 0 Å². The summed E-state index contributed by atoms with van der Waals surface area (Å²) < 4.78 is 17.1. The van der Waals surface area contributed by atoms with E-state index in [1.54, 1.807) is 24.7 Å². The minimum Gasteiger partial charge on any atom is -0.348 e. The third kappa shape index (κ3) is 4.41. The number of aromatic nitrogens is 4. The summed E-state index contributed by atoms with van der Waals surface area (Å²) in [5, 5.41) is 8.83. The Morgan fingerprint density at radius 1 is 1.03 bits per heavy atom. The molecule has 0 atom stereocenters. The lowest BCUT2D eigenvalue weighted by atomic mass is 10.1. The Morgan fingerprint density at radius 2 is 1.86 bits per heavy atom. The summed E-state index contributed by atoms with van der Waals surface area (Å²) in [4.78, 5) is 15.4. The first-order valence-corrected chi connectivity index (χ1v) is 11.7. The van der Waals surface area contributed by atoms with E-state index in [1.807, 2.05) is 66.9 Å². The molecule has 0 spiro atoms. The van der Waals surface area contributed by atoms with E-state index >= 15 is 4.39 Å². The van der Waals surface area contributed by atoms with Crippen LogP contribution in [0.4, 0.5) is 10.3 Å². The van der Waals surface area contributed by atoms with Gasteiger partial charge >= 0.3 is 0 Å². The number of anilines is 1. The molecule has 7 heteroatoms. The first-order chi connectivity index (χ1) is 17.4. The lowest BCUT2D eigenvalue weighted by molar-refractivity contribution is 0.614. The van der Waals surface area contributed by atoms with Crippen molar-refractivity contribution in [3.8, 4) is 17.5 Å². The van der Waals surface area contributed by atoms with Crippen molar-refractivity contribution < 1.29 is 4.39 Å². The standard InChI is InChI=1S/C29H25FN6/c1-4-22(31)15-21-10-11-23(16-25(21)30)36-28-24-14-19(7-8-20-6-5-13-32-17-20)9-12-26(24)33-18-27(28)34-29(36)35(2)3/h5-6,9-14,16-18,31H,4,15H2,1-3H3. The zero-order valence-corrected chi connectivity index (χ0v) is 20.4. The normalized spacial score (nSPS) is 10.9. The highest BCUT2D eigenvalue weighted by molar-refractivity contribution is 6.04. The summed E-state index contributed by atoms with van der Waals surface area (Å²) in [7, 11) is 3.82. The number of halogens is 1. The minimum absolute atomic E-state index is 0.305. The van der Waals surface area contributed by atoms with Crippen LogP contribution in [0.3, 0.4) is 0 Å². The third-order valence-corrected chi connectivity index (χ3v) is 6.00. The van der Waals surface area contributed by atoms with Crippen molar-refractivity contribution in [3.63, 3.8) is 0 Å². The van der Waals surface area contributed by atoms with Crippen LogP contribution in [-0.4, -0.2) is 39.3 Å². The lowest BCUT2D eigenvalue weighted by Gasteiger charge is -2.16. The number of imidazole rings is 1. The van der Waals surface area contributed by atoms with Gasteiger partial charge in [-0.15, -0.1) is 0 Å². The highest BCUT2D eigenvalue weighted by Crippen LogP contribution is 2.32. The van der Waals surface area contributed by atoms with E-state index in [4.69, 9.17) is 10.4 Å². The number of pyridine rings is 2. The van der Waals surface area contributed by atoms with Gasteiger partial charge in [0.1, 0.15) is 11.3 Å². The Kier molecular flexibility index (Phi) is 6.17. The molecule has 178 valence electrons. The Hall–Kier alpha value is -4.57. The minimum atomic E-state index is -0.335. The Bertz CT molecular complexity index is 1660. The fourth-order valence-corrected chi connectivity index (χ4v) is 4.12. The molecular formula is C29H25FN6. The monoisotopic (exact) mass is 476 g/mol. The van der Waals surface area contributed by atoms with Crippen LogP contribution in [0, 0.1) is 23.1 Å². The maximum Gasteiger partial charge on any atom is 0.210 e. The average molecular weight is 477 g/mol. The molecule has 0 bridgehead atoms. The molecular weight excluding hydrogens is 451 g/mol. The number of nitrogens with one attached hydrogen (secondary N) is 1. The molecule has 0 saturated carbocycles. The van der Waals surface area contributed by atoms with Gasteiger partial charge in [-0.2, -0.15) is 0 Å². The smallest absolute Gasteiger partial charge is 0.210 e. The summed E-state index contributed by atoms with van der Waals surface area (Å²) in [6.45, 7) is 1.91. The van der Waals surface area contributed by atoms with Gasteiger partial charge in [0.05, 0.1) is 22.9 Å². The number of nitrogens with zero attached hydrogens (tertiary/aromatic N) is 5. The van der Waals surface area contributed by atoms with Crippen molar-refractivity contribution in [2.24, 2.45) is 0 Å². The van der Waals surface area contributed by atoms with Gasteiger partial charge in [-0.3, -0.25) is 14.5 Å². The highest BCUT2D eigenvalue weighted by atomic mass is 19.1. The number of hydrogen-bond acceptors (Lipinski definition) is 5. The van der Waals surface area contributed by atoms with Crippen molar-refractivity contribution in [2.45, 2.75) is 19.8 Å². The maximum atomic E-state index is 15.1. The molecule has 5 aromatic rings. The van der Waals surface area contributed by atoms with Crippen LogP contribution in [-0.2, 0) is 6.42 Å². The fraction of sp³-hybridized carbons (Fsp3) is 0.172. The van der Waals surface area contributed by atoms with Gasteiger partial charge in [0.2, 0.25) is 5.95 Å². The number of hydrogen-bond donors (Lipinski definition) is 1. The molecule has 0 radical (unpaired) electrons. The summed E-state index contributed by atoms with van der Waals surface area (Å²) in [5.41, 5.74) is 5.68. The molecule has 0 saturated heterocycles. The van der Waals surface area contributed by atoms with Crippen molar-refractivity contribution in [3.05, 3.63) is 89.6 Å². The highest BCUT2D eigenvalue weighted by Gasteiger charge is 2.19. The summed E-state index contributed by atoms with van der Waals surface area (Å²) in [6, 6.07) is 14.8. The largest absolute Gasteiger partial charge is 0.348 e. The van der Waals surface area contributed by atoms with E-state index in [1.165, 1.54) is 6.07 Å². The Morgan fingerprint density at radius 3 is 2.58 bits per heavy atom. The van der Waals surface area contributed by atoms with E-state index in [0.717, 1.165) is 27.5 Å². The van der Waals surface area contributed by atoms with E-state index in [9.17, 15) is 0 Å². The van der Waals surface area contributed by atoms with Crippen LogP contribution in [0.1, 0.15) is 30.0 Å². The molecule has 0 unspecified atom stereocenters. The van der Waals surface area contributed by atoms with E-state index in [2.05, 4.69) is 21.8 Å². The molecule has 0 aliphatic heterocycles. The Balaban J connectivity index is 1.70. The number of fused-ring (bicyclic) bond motifs is 3. The quantitative estimate of drug-likeness (QED) is 0.267. The van der Waals surface area contributed by atoms with E-state index in [-0.39, 0.29) is 5.82 Å². The number of benzene rings is 2.